The Kier molecular flexibility index (Phi) is 17.3. The molecule has 2 aromatic carbocycles. The largest absolute Gasteiger partial charge is 0.481 e. The Morgan fingerprint density at radius 3 is 1.58 bits per heavy atom. The van der Waals surface area contributed by atoms with Crippen LogP contribution in [-0.2, 0) is 31.9 Å². The molecule has 0 fully saturated rings. The van der Waals surface area contributed by atoms with Crippen LogP contribution in [0.1, 0.15) is 11.1 Å². The van der Waals surface area contributed by atoms with Crippen molar-refractivity contribution in [2.24, 2.45) is 0 Å². The molecule has 2 N–H and O–H groups in total. The maximum Gasteiger partial charge on any atom is 0.382 e. The minimum Gasteiger partial charge on any atom is -0.481 e. The molecule has 0 saturated carbocycles. The van der Waals surface area contributed by atoms with Crippen molar-refractivity contribution in [2.75, 3.05) is 14.2 Å². The summed E-state index contributed by atoms with van der Waals surface area (Å²) in [6.45, 7) is 0. The molecule has 0 amide bonds. The topological polar surface area (TPSA) is 127 Å². The smallest absolute Gasteiger partial charge is 0.382 e. The standard InChI is InChI=1S/C10H10O4S2.C8H8O2S.C2H3ClO2S/c1-14-10(13)16-15-8-4-2-7(3-5-8)6-9(11)12;9-8(10)5-6-1-3-7(11)4-2-6;1-5-2(4)6-3/h2-5H,6H2,1H3,(H,11,12);1-4,11H,5H2,(H,9,10);1H3. The van der Waals surface area contributed by atoms with E-state index in [9.17, 15) is 19.2 Å². The third kappa shape index (κ3) is 17.2. The fraction of sp³-hybridized carbons (Fsp3) is 0.200. The van der Waals surface area contributed by atoms with Gasteiger partial charge in [-0.1, -0.05) is 24.3 Å². The van der Waals surface area contributed by atoms with Gasteiger partial charge in [0.2, 0.25) is 0 Å². The van der Waals surface area contributed by atoms with Gasteiger partial charge in [-0.2, -0.15) is 0 Å². The maximum atomic E-state index is 10.8. The number of carbonyl (C=O) groups is 4. The highest BCUT2D eigenvalue weighted by Crippen LogP contribution is 2.32. The fourth-order valence-corrected chi connectivity index (χ4v) is 3.68. The van der Waals surface area contributed by atoms with Crippen molar-refractivity contribution < 1.29 is 38.9 Å². The molecule has 2 aromatic rings. The molecule has 0 bridgehead atoms. The first kappa shape index (κ1) is 31.0. The first-order valence-electron chi connectivity index (χ1n) is 8.70. The molecule has 0 spiro atoms. The molecule has 0 saturated heterocycles. The molecule has 0 aromatic heterocycles. The van der Waals surface area contributed by atoms with Gasteiger partial charge in [-0.3, -0.25) is 9.59 Å². The predicted molar refractivity (Wildman–Crippen MR) is 135 cm³/mol. The highest BCUT2D eigenvalue weighted by atomic mass is 35.7. The summed E-state index contributed by atoms with van der Waals surface area (Å²) >= 11 is 4.07. The lowest BCUT2D eigenvalue weighted by atomic mass is 10.2. The SMILES string of the molecule is COC(=O)SCl.COC(=O)SSc1ccc(CC(=O)O)cc1.O=C(O)Cc1ccc(S)cc1. The lowest BCUT2D eigenvalue weighted by molar-refractivity contribution is -0.137. The molecule has 180 valence electrons. The third-order valence-electron chi connectivity index (χ3n) is 3.17. The number of aliphatic carboxylic acids is 2. The van der Waals surface area contributed by atoms with Gasteiger partial charge in [0.05, 0.1) is 38.0 Å². The van der Waals surface area contributed by atoms with Gasteiger partial charge in [0.25, 0.3) is 0 Å². The monoisotopic (exact) mass is 552 g/mol. The first-order chi connectivity index (χ1) is 15.6. The third-order valence-corrected chi connectivity index (χ3v) is 6.23. The molecule has 0 radical (unpaired) electrons. The summed E-state index contributed by atoms with van der Waals surface area (Å²) in [5.41, 5.74) is 1.54. The molecule has 0 aliphatic heterocycles. The van der Waals surface area contributed by atoms with Crippen molar-refractivity contribution in [3.05, 3.63) is 59.7 Å². The van der Waals surface area contributed by atoms with Gasteiger partial charge in [0, 0.05) is 20.6 Å². The van der Waals surface area contributed by atoms with Crippen LogP contribution >= 0.6 is 55.9 Å². The van der Waals surface area contributed by atoms with E-state index in [0.717, 1.165) is 31.7 Å². The highest BCUT2D eigenvalue weighted by Gasteiger charge is 2.04. The van der Waals surface area contributed by atoms with Crippen LogP contribution in [0.3, 0.4) is 0 Å². The summed E-state index contributed by atoms with van der Waals surface area (Å²) in [6, 6.07) is 14.1. The van der Waals surface area contributed by atoms with Gasteiger partial charge < -0.3 is 19.7 Å². The Morgan fingerprint density at radius 2 is 1.24 bits per heavy atom. The van der Waals surface area contributed by atoms with Crippen LogP contribution in [0.2, 0.25) is 0 Å². The molecule has 0 aliphatic carbocycles. The van der Waals surface area contributed by atoms with E-state index in [1.807, 2.05) is 0 Å². The van der Waals surface area contributed by atoms with E-state index in [4.69, 9.17) is 20.9 Å². The fourth-order valence-electron chi connectivity index (χ4n) is 1.77. The predicted octanol–water partition coefficient (Wildman–Crippen LogP) is 6.06. The normalized spacial score (nSPS) is 9.33. The highest BCUT2D eigenvalue weighted by molar-refractivity contribution is 8.82. The zero-order chi connectivity index (χ0) is 25.2. The molecule has 0 heterocycles. The Morgan fingerprint density at radius 1 is 0.818 bits per heavy atom. The van der Waals surface area contributed by atoms with Crippen LogP contribution in [0.25, 0.3) is 0 Å². The van der Waals surface area contributed by atoms with E-state index in [1.165, 1.54) is 25.0 Å². The van der Waals surface area contributed by atoms with Gasteiger partial charge in [0.1, 0.15) is 0 Å². The Labute approximate surface area is 213 Å². The van der Waals surface area contributed by atoms with E-state index in [-0.39, 0.29) is 18.1 Å². The van der Waals surface area contributed by atoms with Gasteiger partial charge >= 0.3 is 22.5 Å². The molecule has 0 unspecified atom stereocenters. The number of rotatable bonds is 6. The van der Waals surface area contributed by atoms with Gasteiger partial charge in [0.15, 0.2) is 0 Å². The molecule has 0 atom stereocenters. The van der Waals surface area contributed by atoms with E-state index in [2.05, 4.69) is 22.1 Å². The second-order valence-electron chi connectivity index (χ2n) is 5.60. The van der Waals surface area contributed by atoms with Crippen molar-refractivity contribution in [1.29, 1.82) is 0 Å². The number of carboxylic acids is 2. The second-order valence-corrected chi connectivity index (χ2v) is 9.21. The van der Waals surface area contributed by atoms with Crippen LogP contribution in [0.4, 0.5) is 9.59 Å². The van der Waals surface area contributed by atoms with Crippen LogP contribution in [-0.4, -0.2) is 47.0 Å². The number of ether oxygens (including phenoxy) is 2. The molecule has 8 nitrogen and oxygen atoms in total. The van der Waals surface area contributed by atoms with E-state index in [0.29, 0.717) is 11.0 Å². The van der Waals surface area contributed by atoms with Crippen LogP contribution in [0, 0.1) is 0 Å². The number of thiol groups is 1. The molecular weight excluding hydrogens is 532 g/mol. The molecule has 0 aliphatic rings. The lowest BCUT2D eigenvalue weighted by Gasteiger charge is -2.00. The quantitative estimate of drug-likeness (QED) is 0.219. The maximum absolute atomic E-state index is 10.8. The lowest BCUT2D eigenvalue weighted by Crippen LogP contribution is -1.99. The number of halogens is 1. The molecule has 33 heavy (non-hydrogen) atoms. The zero-order valence-electron chi connectivity index (χ0n) is 17.4. The number of hydrogen-bond acceptors (Lipinski definition) is 10. The van der Waals surface area contributed by atoms with E-state index >= 15 is 0 Å². The van der Waals surface area contributed by atoms with E-state index < -0.39 is 17.2 Å². The average Bonchev–Trinajstić information content (AvgIpc) is 2.79. The summed E-state index contributed by atoms with van der Waals surface area (Å²) in [4.78, 5) is 43.0. The molecular formula is C20H21ClO8S4. The van der Waals surface area contributed by atoms with Crippen LogP contribution in [0.15, 0.2) is 58.3 Å². The van der Waals surface area contributed by atoms with Crippen molar-refractivity contribution in [3.8, 4) is 0 Å². The first-order valence-corrected chi connectivity index (χ1v) is 12.9. The zero-order valence-corrected chi connectivity index (χ0v) is 21.5. The molecule has 13 heteroatoms. The van der Waals surface area contributed by atoms with Crippen LogP contribution in [0.5, 0.6) is 0 Å². The van der Waals surface area contributed by atoms with Crippen molar-refractivity contribution >= 4 is 78.4 Å². The van der Waals surface area contributed by atoms with Crippen molar-refractivity contribution in [2.45, 2.75) is 22.6 Å². The van der Waals surface area contributed by atoms with Crippen LogP contribution < -0.4 is 0 Å². The summed E-state index contributed by atoms with van der Waals surface area (Å²) in [5, 5.41) is 16.2. The minimum atomic E-state index is -0.857. The summed E-state index contributed by atoms with van der Waals surface area (Å²) in [5.74, 6) is -1.67. The number of methoxy groups -OCH3 is 2. The Bertz CT molecular complexity index is 886. The number of carboxylic acid groups (broad SMARTS) is 2. The van der Waals surface area contributed by atoms with E-state index in [1.54, 1.807) is 48.5 Å². The number of hydrogen-bond donors (Lipinski definition) is 3. The molecule has 2 rings (SSSR count). The summed E-state index contributed by atoms with van der Waals surface area (Å²) in [6.07, 6.45) is 0.0865. The van der Waals surface area contributed by atoms with Gasteiger partial charge in [-0.15, -0.1) is 12.6 Å². The average molecular weight is 553 g/mol. The number of carbonyl (C=O) groups excluding carboxylic acids is 2. The van der Waals surface area contributed by atoms with Crippen molar-refractivity contribution in [1.82, 2.24) is 0 Å². The van der Waals surface area contributed by atoms with Gasteiger partial charge in [-0.05, 0) is 56.9 Å². The summed E-state index contributed by atoms with van der Waals surface area (Å²) in [7, 11) is 10.3. The Balaban J connectivity index is 0.000000520. The summed E-state index contributed by atoms with van der Waals surface area (Å²) < 4.78 is 8.57. The second kappa shape index (κ2) is 18.4. The van der Waals surface area contributed by atoms with Gasteiger partial charge in [-0.25, -0.2) is 9.59 Å². The minimum absolute atomic E-state index is 0.00902. The van der Waals surface area contributed by atoms with Crippen molar-refractivity contribution in [3.63, 3.8) is 0 Å². The Hall–Kier alpha value is -1.99. The number of benzene rings is 2.